The second-order valence-electron chi connectivity index (χ2n) is 4.14. The molecule has 0 saturated carbocycles. The average molecular weight is 194 g/mol. The molecule has 1 unspecified atom stereocenters. The highest BCUT2D eigenvalue weighted by Crippen LogP contribution is 2.18. The van der Waals surface area contributed by atoms with Crippen LogP contribution in [0.4, 0.5) is 0 Å². The highest BCUT2D eigenvalue weighted by molar-refractivity contribution is 5.73. The van der Waals surface area contributed by atoms with Crippen LogP contribution in [-0.2, 0) is 0 Å². The van der Waals surface area contributed by atoms with Gasteiger partial charge in [-0.3, -0.25) is 0 Å². The maximum Gasteiger partial charge on any atom is 0.121 e. The van der Waals surface area contributed by atoms with Crippen LogP contribution in [0.3, 0.4) is 0 Å². The molecule has 4 heteroatoms. The Kier molecular flexibility index (Phi) is 2.82. The molecule has 14 heavy (non-hydrogen) atoms. The maximum atomic E-state index is 4.29. The number of rotatable bonds is 1. The first-order valence-electron chi connectivity index (χ1n) is 5.28. The molecule has 0 aromatic heterocycles. The van der Waals surface area contributed by atoms with E-state index in [1.54, 1.807) is 6.34 Å². The lowest BCUT2D eigenvalue weighted by molar-refractivity contribution is 0.156. The van der Waals surface area contributed by atoms with Crippen molar-refractivity contribution in [3.8, 4) is 0 Å². The molecular weight excluding hydrogens is 176 g/mol. The summed E-state index contributed by atoms with van der Waals surface area (Å²) >= 11 is 0. The number of likely N-dealkylation sites (tertiary alicyclic amines) is 1. The number of hydrogen-bond acceptors (Lipinski definition) is 4. The molecule has 0 spiro atoms. The molecule has 4 nitrogen and oxygen atoms in total. The van der Waals surface area contributed by atoms with E-state index in [0.717, 1.165) is 0 Å². The molecule has 78 valence electrons. The highest BCUT2D eigenvalue weighted by atomic mass is 15.3. The predicted octanol–water partition coefficient (Wildman–Crippen LogP) is 0.799. The molecule has 2 rings (SSSR count). The fourth-order valence-electron chi connectivity index (χ4n) is 2.11. The summed E-state index contributed by atoms with van der Waals surface area (Å²) in [4.78, 5) is 13.1. The molecular formula is C10H18N4. The lowest BCUT2D eigenvalue weighted by atomic mass is 10.0. The predicted molar refractivity (Wildman–Crippen MR) is 58.8 cm³/mol. The monoisotopic (exact) mass is 194 g/mol. The van der Waals surface area contributed by atoms with Gasteiger partial charge in [-0.15, -0.1) is 0 Å². The van der Waals surface area contributed by atoms with Crippen LogP contribution in [0, 0.1) is 0 Å². The number of piperidine rings is 1. The minimum Gasteiger partial charge on any atom is -0.338 e. The van der Waals surface area contributed by atoms with Crippen LogP contribution >= 0.6 is 0 Å². The van der Waals surface area contributed by atoms with Gasteiger partial charge in [0.25, 0.3) is 0 Å². The molecule has 0 aromatic rings. The fraction of sp³-hybridized carbons (Fsp3) is 0.800. The Hall–Kier alpha value is -0.900. The van der Waals surface area contributed by atoms with Crippen LogP contribution in [0.15, 0.2) is 9.98 Å². The van der Waals surface area contributed by atoms with E-state index in [2.05, 4.69) is 33.8 Å². The largest absolute Gasteiger partial charge is 0.338 e. The van der Waals surface area contributed by atoms with Crippen molar-refractivity contribution in [2.75, 3.05) is 20.1 Å². The lowest BCUT2D eigenvalue weighted by Gasteiger charge is -2.38. The van der Waals surface area contributed by atoms with E-state index in [1.165, 1.54) is 25.9 Å². The van der Waals surface area contributed by atoms with Gasteiger partial charge < -0.3 is 9.80 Å². The topological polar surface area (TPSA) is 31.2 Å². The van der Waals surface area contributed by atoms with Crippen LogP contribution < -0.4 is 0 Å². The summed E-state index contributed by atoms with van der Waals surface area (Å²) < 4.78 is 0. The highest BCUT2D eigenvalue weighted by Gasteiger charge is 2.25. The molecule has 0 bridgehead atoms. The third-order valence-electron chi connectivity index (χ3n) is 3.09. The Balaban J connectivity index is 1.95. The van der Waals surface area contributed by atoms with E-state index in [0.29, 0.717) is 6.04 Å². The SMILES string of the molecule is CC1N=CN=CN1C1CCN(C)CC1. The molecule has 1 atom stereocenters. The van der Waals surface area contributed by atoms with Gasteiger partial charge in [-0.25, -0.2) is 9.98 Å². The van der Waals surface area contributed by atoms with Gasteiger partial charge in [0.2, 0.25) is 0 Å². The molecule has 1 fully saturated rings. The molecule has 0 amide bonds. The van der Waals surface area contributed by atoms with E-state index in [1.807, 2.05) is 6.34 Å². The van der Waals surface area contributed by atoms with Gasteiger partial charge in [0, 0.05) is 6.04 Å². The molecule has 0 radical (unpaired) electrons. The van der Waals surface area contributed by atoms with Crippen molar-refractivity contribution in [2.45, 2.75) is 32.0 Å². The van der Waals surface area contributed by atoms with E-state index >= 15 is 0 Å². The van der Waals surface area contributed by atoms with Crippen molar-refractivity contribution < 1.29 is 0 Å². The first kappa shape index (κ1) is 9.65. The van der Waals surface area contributed by atoms with Crippen LogP contribution in [-0.4, -0.2) is 54.8 Å². The Morgan fingerprint density at radius 1 is 1.29 bits per heavy atom. The maximum absolute atomic E-state index is 4.29. The van der Waals surface area contributed by atoms with Crippen LogP contribution in [0.5, 0.6) is 0 Å². The fourth-order valence-corrected chi connectivity index (χ4v) is 2.11. The second kappa shape index (κ2) is 4.09. The van der Waals surface area contributed by atoms with Crippen LogP contribution in [0.1, 0.15) is 19.8 Å². The molecule has 0 N–H and O–H groups in total. The Labute approximate surface area is 85.3 Å². The second-order valence-corrected chi connectivity index (χ2v) is 4.14. The van der Waals surface area contributed by atoms with Gasteiger partial charge in [-0.1, -0.05) is 0 Å². The summed E-state index contributed by atoms with van der Waals surface area (Å²) in [6, 6.07) is 0.627. The van der Waals surface area contributed by atoms with Crippen molar-refractivity contribution in [3.05, 3.63) is 0 Å². The first-order chi connectivity index (χ1) is 6.77. The van der Waals surface area contributed by atoms with Crippen molar-refractivity contribution >= 4 is 12.7 Å². The normalized spacial score (nSPS) is 29.9. The van der Waals surface area contributed by atoms with Gasteiger partial charge in [0.1, 0.15) is 12.5 Å². The van der Waals surface area contributed by atoms with Gasteiger partial charge in [-0.2, -0.15) is 0 Å². The summed E-state index contributed by atoms with van der Waals surface area (Å²) in [5.41, 5.74) is 0. The van der Waals surface area contributed by atoms with E-state index in [-0.39, 0.29) is 6.17 Å². The molecule has 0 aromatic carbocycles. The van der Waals surface area contributed by atoms with Crippen LogP contribution in [0.2, 0.25) is 0 Å². The molecule has 2 aliphatic rings. The Morgan fingerprint density at radius 2 is 2.00 bits per heavy atom. The molecule has 2 heterocycles. The van der Waals surface area contributed by atoms with E-state index < -0.39 is 0 Å². The molecule has 0 aliphatic carbocycles. The zero-order chi connectivity index (χ0) is 9.97. The first-order valence-corrected chi connectivity index (χ1v) is 5.28. The zero-order valence-corrected chi connectivity index (χ0v) is 8.93. The Bertz CT molecular complexity index is 241. The average Bonchev–Trinajstić information content (AvgIpc) is 2.20. The Morgan fingerprint density at radius 3 is 2.64 bits per heavy atom. The van der Waals surface area contributed by atoms with Crippen molar-refractivity contribution in [1.82, 2.24) is 9.80 Å². The number of aliphatic imine (C=N–C) groups is 2. The molecule has 1 saturated heterocycles. The minimum atomic E-state index is 0.265. The van der Waals surface area contributed by atoms with Gasteiger partial charge in [0.05, 0.1) is 6.34 Å². The summed E-state index contributed by atoms with van der Waals surface area (Å²) in [5.74, 6) is 0. The van der Waals surface area contributed by atoms with Gasteiger partial charge in [-0.05, 0) is 39.9 Å². The van der Waals surface area contributed by atoms with Crippen molar-refractivity contribution in [3.63, 3.8) is 0 Å². The molecule has 2 aliphatic heterocycles. The summed E-state index contributed by atoms with van der Waals surface area (Å²) in [7, 11) is 2.18. The third kappa shape index (κ3) is 1.95. The summed E-state index contributed by atoms with van der Waals surface area (Å²) in [6.45, 7) is 4.50. The number of nitrogens with zero attached hydrogens (tertiary/aromatic N) is 4. The standard InChI is InChI=1S/C10H18N4/c1-9-12-7-11-8-14(9)10-3-5-13(2)6-4-10/h7-10H,3-6H2,1-2H3. The van der Waals surface area contributed by atoms with Gasteiger partial charge >= 0.3 is 0 Å². The van der Waals surface area contributed by atoms with Crippen molar-refractivity contribution in [1.29, 1.82) is 0 Å². The smallest absolute Gasteiger partial charge is 0.121 e. The lowest BCUT2D eigenvalue weighted by Crippen LogP contribution is -2.47. The van der Waals surface area contributed by atoms with E-state index in [4.69, 9.17) is 0 Å². The quantitative estimate of drug-likeness (QED) is 0.618. The van der Waals surface area contributed by atoms with Crippen molar-refractivity contribution in [2.24, 2.45) is 9.98 Å². The third-order valence-corrected chi connectivity index (χ3v) is 3.09. The van der Waals surface area contributed by atoms with E-state index in [9.17, 15) is 0 Å². The zero-order valence-electron chi connectivity index (χ0n) is 8.93. The summed E-state index contributed by atoms with van der Waals surface area (Å²) in [5, 5.41) is 0. The number of hydrogen-bond donors (Lipinski definition) is 0. The van der Waals surface area contributed by atoms with Crippen LogP contribution in [0.25, 0.3) is 0 Å². The summed E-state index contributed by atoms with van der Waals surface area (Å²) in [6.07, 6.45) is 6.30. The van der Waals surface area contributed by atoms with Gasteiger partial charge in [0.15, 0.2) is 0 Å². The minimum absolute atomic E-state index is 0.265.